The highest BCUT2D eigenvalue weighted by Crippen LogP contribution is 2.49. The van der Waals surface area contributed by atoms with Crippen LogP contribution in [0.3, 0.4) is 0 Å². The second-order valence-electron chi connectivity index (χ2n) is 3.03. The van der Waals surface area contributed by atoms with E-state index in [9.17, 15) is 29.3 Å². The van der Waals surface area contributed by atoms with Gasteiger partial charge in [0.05, 0.1) is 4.92 Å². The SMILES string of the molecule is O=C=Nc1cc([N+](=O)[O-])c(N=C=O)c(N=C=O)c1N=C=O. The Kier molecular flexibility index (Phi) is 5.00. The average Bonchev–Trinajstić information content (AvgIpc) is 2.44. The first-order valence-corrected chi connectivity index (χ1v) is 4.77. The molecule has 0 spiro atoms. The predicted octanol–water partition coefficient (Wildman–Crippen LogP) is 1.46. The second kappa shape index (κ2) is 6.91. The first-order valence-electron chi connectivity index (χ1n) is 4.77. The van der Waals surface area contributed by atoms with Gasteiger partial charge in [0.15, 0.2) is 5.69 Å². The molecular formula is C10HN5O6. The van der Waals surface area contributed by atoms with Gasteiger partial charge in [-0.15, -0.1) is 0 Å². The van der Waals surface area contributed by atoms with Crippen LogP contribution in [-0.4, -0.2) is 29.2 Å². The molecule has 0 saturated carbocycles. The zero-order valence-electron chi connectivity index (χ0n) is 9.76. The summed E-state index contributed by atoms with van der Waals surface area (Å²) in [4.78, 5) is 63.7. The van der Waals surface area contributed by atoms with Gasteiger partial charge in [-0.3, -0.25) is 10.1 Å². The summed E-state index contributed by atoms with van der Waals surface area (Å²) in [5, 5.41) is 10.9. The van der Waals surface area contributed by atoms with Crippen LogP contribution in [0.25, 0.3) is 0 Å². The van der Waals surface area contributed by atoms with Crippen LogP contribution in [0.5, 0.6) is 0 Å². The van der Waals surface area contributed by atoms with E-state index < -0.39 is 33.4 Å². The summed E-state index contributed by atoms with van der Waals surface area (Å²) in [7, 11) is 0. The lowest BCUT2D eigenvalue weighted by Crippen LogP contribution is -1.89. The molecule has 0 aliphatic carbocycles. The standard InChI is InChI=1S/C10HN5O6/c16-2-11-6-1-7(15(20)21)9(13-4-18)10(14-5-19)8(6)12-3-17/h1H. The van der Waals surface area contributed by atoms with Crippen LogP contribution in [0.1, 0.15) is 0 Å². The molecule has 0 radical (unpaired) electrons. The number of benzene rings is 1. The maximum atomic E-state index is 10.9. The molecule has 1 aromatic rings. The summed E-state index contributed by atoms with van der Waals surface area (Å²) in [5.74, 6) is 0. The molecule has 11 nitrogen and oxygen atoms in total. The fourth-order valence-electron chi connectivity index (χ4n) is 1.36. The number of rotatable bonds is 5. The van der Waals surface area contributed by atoms with Crippen LogP contribution in [-0.2, 0) is 19.2 Å². The van der Waals surface area contributed by atoms with Crippen molar-refractivity contribution in [2.75, 3.05) is 0 Å². The number of isocyanates is 4. The van der Waals surface area contributed by atoms with Crippen LogP contribution in [0.2, 0.25) is 0 Å². The summed E-state index contributed by atoms with van der Waals surface area (Å²) < 4.78 is 0. The highest BCUT2D eigenvalue weighted by Gasteiger charge is 2.25. The van der Waals surface area contributed by atoms with E-state index >= 15 is 0 Å². The highest BCUT2D eigenvalue weighted by atomic mass is 16.6. The van der Waals surface area contributed by atoms with Gasteiger partial charge in [-0.05, 0) is 0 Å². The van der Waals surface area contributed by atoms with Gasteiger partial charge in [-0.25, -0.2) is 19.2 Å². The molecule has 0 bridgehead atoms. The van der Waals surface area contributed by atoms with E-state index in [1.54, 1.807) is 0 Å². The molecule has 1 aromatic carbocycles. The van der Waals surface area contributed by atoms with Gasteiger partial charge >= 0.3 is 0 Å². The van der Waals surface area contributed by atoms with Crippen LogP contribution in [0.4, 0.5) is 28.4 Å². The van der Waals surface area contributed by atoms with Crippen LogP contribution in [0.15, 0.2) is 26.0 Å². The zero-order valence-corrected chi connectivity index (χ0v) is 9.76. The first-order chi connectivity index (χ1) is 10.1. The van der Waals surface area contributed by atoms with E-state index in [0.29, 0.717) is 6.07 Å². The molecule has 0 heterocycles. The van der Waals surface area contributed by atoms with Gasteiger partial charge in [-0.1, -0.05) is 0 Å². The van der Waals surface area contributed by atoms with Crippen LogP contribution >= 0.6 is 0 Å². The Hall–Kier alpha value is -3.86. The predicted molar refractivity (Wildman–Crippen MR) is 64.2 cm³/mol. The summed E-state index contributed by atoms with van der Waals surface area (Å²) in [6.07, 6.45) is 4.25. The average molecular weight is 287 g/mol. The maximum absolute atomic E-state index is 10.9. The summed E-state index contributed by atoms with van der Waals surface area (Å²) in [6.45, 7) is 0. The lowest BCUT2D eigenvalue weighted by molar-refractivity contribution is -0.383. The molecule has 0 aliphatic rings. The Balaban J connectivity index is 4.10. The maximum Gasteiger partial charge on any atom is 0.300 e. The first kappa shape index (κ1) is 15.2. The third kappa shape index (κ3) is 3.12. The molecule has 102 valence electrons. The Morgan fingerprint density at radius 1 is 0.810 bits per heavy atom. The van der Waals surface area contributed by atoms with Crippen molar-refractivity contribution in [3.63, 3.8) is 0 Å². The lowest BCUT2D eigenvalue weighted by Gasteiger charge is -2.04. The molecule has 0 saturated heterocycles. The van der Waals surface area contributed by atoms with Gasteiger partial charge in [-0.2, -0.15) is 20.0 Å². The molecular weight excluding hydrogens is 286 g/mol. The van der Waals surface area contributed by atoms with Gasteiger partial charge < -0.3 is 0 Å². The van der Waals surface area contributed by atoms with Gasteiger partial charge in [0.1, 0.15) is 17.1 Å². The van der Waals surface area contributed by atoms with Crippen molar-refractivity contribution in [3.05, 3.63) is 16.2 Å². The van der Waals surface area contributed by atoms with Crippen molar-refractivity contribution in [1.82, 2.24) is 0 Å². The number of nitro benzene ring substituents is 1. The second-order valence-corrected chi connectivity index (χ2v) is 3.03. The van der Waals surface area contributed by atoms with Crippen molar-refractivity contribution in [2.24, 2.45) is 20.0 Å². The number of carbonyl (C=O) groups excluding carboxylic acids is 4. The van der Waals surface area contributed by atoms with Crippen molar-refractivity contribution in [1.29, 1.82) is 0 Å². The van der Waals surface area contributed by atoms with E-state index in [0.717, 1.165) is 24.3 Å². The number of nitro groups is 1. The van der Waals surface area contributed by atoms with Crippen molar-refractivity contribution in [3.8, 4) is 0 Å². The molecule has 0 aromatic heterocycles. The van der Waals surface area contributed by atoms with E-state index in [2.05, 4.69) is 20.0 Å². The monoisotopic (exact) mass is 287 g/mol. The minimum Gasteiger partial charge on any atom is -0.258 e. The Morgan fingerprint density at radius 3 is 1.76 bits per heavy atom. The van der Waals surface area contributed by atoms with Gasteiger partial charge in [0.2, 0.25) is 24.3 Å². The minimum absolute atomic E-state index is 0.487. The Labute approximate surface area is 114 Å². The number of hydrogen-bond donors (Lipinski definition) is 0. The molecule has 0 fully saturated rings. The fraction of sp³-hybridized carbons (Fsp3) is 0. The van der Waals surface area contributed by atoms with E-state index in [1.165, 1.54) is 0 Å². The quantitative estimate of drug-likeness (QED) is 0.344. The van der Waals surface area contributed by atoms with Crippen LogP contribution in [0, 0.1) is 10.1 Å². The van der Waals surface area contributed by atoms with Crippen LogP contribution < -0.4 is 0 Å². The largest absolute Gasteiger partial charge is 0.300 e. The zero-order chi connectivity index (χ0) is 15.8. The number of hydrogen-bond acceptors (Lipinski definition) is 10. The van der Waals surface area contributed by atoms with Gasteiger partial charge in [0, 0.05) is 6.07 Å². The fourth-order valence-corrected chi connectivity index (χ4v) is 1.36. The van der Waals surface area contributed by atoms with Crippen molar-refractivity contribution in [2.45, 2.75) is 0 Å². The summed E-state index contributed by atoms with van der Waals surface area (Å²) >= 11 is 0. The normalized spacial score (nSPS) is 8.38. The van der Waals surface area contributed by atoms with Crippen molar-refractivity contribution < 1.29 is 24.1 Å². The third-order valence-electron chi connectivity index (χ3n) is 2.04. The molecule has 0 unspecified atom stereocenters. The number of nitrogens with zero attached hydrogens (tertiary/aromatic N) is 5. The molecule has 1 rings (SSSR count). The lowest BCUT2D eigenvalue weighted by atomic mass is 10.1. The van der Waals surface area contributed by atoms with E-state index in [4.69, 9.17) is 0 Å². The van der Waals surface area contributed by atoms with E-state index in [-0.39, 0.29) is 0 Å². The summed E-state index contributed by atoms with van der Waals surface area (Å²) in [6, 6.07) is 0.696. The molecule has 11 heteroatoms. The topological polar surface area (TPSA) is 161 Å². The molecule has 0 N–H and O–H groups in total. The highest BCUT2D eigenvalue weighted by molar-refractivity contribution is 5.93. The van der Waals surface area contributed by atoms with Crippen molar-refractivity contribution >= 4 is 52.8 Å². The molecule has 0 atom stereocenters. The summed E-state index contributed by atoms with van der Waals surface area (Å²) in [5.41, 5.74) is -3.18. The minimum atomic E-state index is -0.974. The third-order valence-corrected chi connectivity index (χ3v) is 2.04. The Morgan fingerprint density at radius 2 is 1.29 bits per heavy atom. The Bertz CT molecular complexity index is 763. The molecule has 0 aliphatic heterocycles. The molecule has 0 amide bonds. The van der Waals surface area contributed by atoms with E-state index in [1.807, 2.05) is 0 Å². The van der Waals surface area contributed by atoms with Gasteiger partial charge in [0.25, 0.3) is 5.69 Å². The number of aliphatic imine (C=N–C) groups is 4. The molecule has 21 heavy (non-hydrogen) atoms. The smallest absolute Gasteiger partial charge is 0.258 e.